The second-order valence-corrected chi connectivity index (χ2v) is 5.52. The van der Waals surface area contributed by atoms with Gasteiger partial charge in [-0.1, -0.05) is 13.8 Å². The van der Waals surface area contributed by atoms with Gasteiger partial charge >= 0.3 is 0 Å². The molecule has 6 nitrogen and oxygen atoms in total. The molecule has 0 atom stereocenters. The lowest BCUT2D eigenvalue weighted by molar-refractivity contribution is -0.131. The number of fused-ring (bicyclic) bond motifs is 1. The predicted molar refractivity (Wildman–Crippen MR) is 76.9 cm³/mol. The molecule has 1 aromatic heterocycles. The first-order valence-corrected chi connectivity index (χ1v) is 7.56. The molecule has 3 N–H and O–H groups in total. The van der Waals surface area contributed by atoms with Gasteiger partial charge in [0.15, 0.2) is 5.82 Å². The Morgan fingerprint density at radius 1 is 1.35 bits per heavy atom. The van der Waals surface area contributed by atoms with Crippen molar-refractivity contribution in [3.8, 4) is 0 Å². The molecule has 1 amide bonds. The summed E-state index contributed by atoms with van der Waals surface area (Å²) in [5.41, 5.74) is 5.34. The fraction of sp³-hybridized carbons (Fsp3) is 0.786. The first-order valence-electron chi connectivity index (χ1n) is 7.56. The van der Waals surface area contributed by atoms with Crippen LogP contribution in [0, 0.1) is 5.41 Å². The van der Waals surface area contributed by atoms with E-state index < -0.39 is 5.41 Å². The highest BCUT2D eigenvalue weighted by Gasteiger charge is 2.33. The number of hydrogen-bond acceptors (Lipinski definition) is 4. The van der Waals surface area contributed by atoms with Crippen LogP contribution in [0.1, 0.15) is 51.2 Å². The van der Waals surface area contributed by atoms with Crippen LogP contribution < -0.4 is 11.1 Å². The summed E-state index contributed by atoms with van der Waals surface area (Å²) in [5.74, 6) is 1.92. The number of aromatic nitrogens is 3. The quantitative estimate of drug-likeness (QED) is 0.813. The van der Waals surface area contributed by atoms with E-state index in [0.717, 1.165) is 43.9 Å². The van der Waals surface area contributed by atoms with E-state index in [4.69, 9.17) is 5.73 Å². The Bertz CT molecular complexity index is 456. The number of aryl methyl sites for hydroxylation is 1. The Hall–Kier alpha value is -1.43. The summed E-state index contributed by atoms with van der Waals surface area (Å²) in [6.45, 7) is 5.79. The van der Waals surface area contributed by atoms with Gasteiger partial charge in [0.25, 0.3) is 0 Å². The lowest BCUT2D eigenvalue weighted by Crippen LogP contribution is -2.45. The number of carbonyl (C=O) groups excluding carboxylic acids is 1. The summed E-state index contributed by atoms with van der Waals surface area (Å²) in [7, 11) is 0. The number of hydrogen-bond donors (Lipinski definition) is 2. The normalized spacial score (nSPS) is 14.9. The van der Waals surface area contributed by atoms with E-state index >= 15 is 0 Å². The average molecular weight is 279 g/mol. The molecule has 1 aromatic rings. The maximum absolute atomic E-state index is 12.4. The third kappa shape index (κ3) is 2.70. The number of nitrogens with two attached hydrogens (primary N) is 1. The van der Waals surface area contributed by atoms with Crippen LogP contribution in [0.5, 0.6) is 0 Å². The van der Waals surface area contributed by atoms with E-state index in [-0.39, 0.29) is 5.91 Å². The lowest BCUT2D eigenvalue weighted by Gasteiger charge is -2.28. The lowest BCUT2D eigenvalue weighted by atomic mass is 9.81. The second-order valence-electron chi connectivity index (χ2n) is 5.52. The minimum Gasteiger partial charge on any atom is -0.348 e. The van der Waals surface area contributed by atoms with E-state index in [1.165, 1.54) is 6.42 Å². The van der Waals surface area contributed by atoms with Crippen LogP contribution in [0.25, 0.3) is 0 Å². The van der Waals surface area contributed by atoms with Gasteiger partial charge in [0, 0.05) is 19.5 Å². The SMILES string of the molecule is CCC(CC)(CN)C(=O)NCc1nnc2n1CCCC2. The third-order valence-corrected chi connectivity index (χ3v) is 4.57. The minimum absolute atomic E-state index is 0.0261. The Labute approximate surface area is 120 Å². The molecule has 20 heavy (non-hydrogen) atoms. The fourth-order valence-electron chi connectivity index (χ4n) is 2.80. The molecule has 112 valence electrons. The van der Waals surface area contributed by atoms with Crippen LogP contribution in [-0.2, 0) is 24.3 Å². The van der Waals surface area contributed by atoms with Crippen molar-refractivity contribution < 1.29 is 4.79 Å². The van der Waals surface area contributed by atoms with Gasteiger partial charge in [-0.05, 0) is 25.7 Å². The van der Waals surface area contributed by atoms with E-state index in [9.17, 15) is 4.79 Å². The van der Waals surface area contributed by atoms with E-state index in [1.54, 1.807) is 0 Å². The highest BCUT2D eigenvalue weighted by molar-refractivity contribution is 5.82. The molecule has 0 unspecified atom stereocenters. The summed E-state index contributed by atoms with van der Waals surface area (Å²) < 4.78 is 2.13. The summed E-state index contributed by atoms with van der Waals surface area (Å²) in [6, 6.07) is 0. The van der Waals surface area contributed by atoms with Gasteiger partial charge in [0.1, 0.15) is 5.82 Å². The van der Waals surface area contributed by atoms with Crippen molar-refractivity contribution in [2.24, 2.45) is 11.1 Å². The molecular formula is C14H25N5O. The molecule has 2 rings (SSSR count). The fourth-order valence-corrected chi connectivity index (χ4v) is 2.80. The largest absolute Gasteiger partial charge is 0.348 e. The molecule has 2 heterocycles. The third-order valence-electron chi connectivity index (χ3n) is 4.57. The number of rotatable bonds is 6. The number of carbonyl (C=O) groups is 1. The van der Waals surface area contributed by atoms with Crippen molar-refractivity contribution in [3.05, 3.63) is 11.6 Å². The second kappa shape index (κ2) is 6.35. The maximum Gasteiger partial charge on any atom is 0.227 e. The van der Waals surface area contributed by atoms with Gasteiger partial charge in [-0.15, -0.1) is 10.2 Å². The van der Waals surface area contributed by atoms with Gasteiger partial charge in [-0.3, -0.25) is 4.79 Å². The standard InChI is InChI=1S/C14H25N5O/c1-3-14(4-2,10-15)13(20)16-9-12-18-17-11-7-5-6-8-19(11)12/h3-10,15H2,1-2H3,(H,16,20). The van der Waals surface area contributed by atoms with Gasteiger partial charge in [-0.2, -0.15) is 0 Å². The van der Waals surface area contributed by atoms with Crippen LogP contribution >= 0.6 is 0 Å². The molecule has 1 aliphatic rings. The van der Waals surface area contributed by atoms with Crippen molar-refractivity contribution >= 4 is 5.91 Å². The van der Waals surface area contributed by atoms with Gasteiger partial charge in [-0.25, -0.2) is 0 Å². The number of nitrogens with one attached hydrogen (secondary N) is 1. The Balaban J connectivity index is 2.01. The van der Waals surface area contributed by atoms with Crippen LogP contribution in [0.4, 0.5) is 0 Å². The number of nitrogens with zero attached hydrogens (tertiary/aromatic N) is 3. The van der Waals surface area contributed by atoms with Crippen molar-refractivity contribution in [1.29, 1.82) is 0 Å². The van der Waals surface area contributed by atoms with Crippen LogP contribution in [0.15, 0.2) is 0 Å². The van der Waals surface area contributed by atoms with Crippen molar-refractivity contribution in [2.75, 3.05) is 6.54 Å². The van der Waals surface area contributed by atoms with Crippen molar-refractivity contribution in [1.82, 2.24) is 20.1 Å². The maximum atomic E-state index is 12.4. The zero-order chi connectivity index (χ0) is 14.6. The molecule has 0 aromatic carbocycles. The zero-order valence-electron chi connectivity index (χ0n) is 12.5. The Kier molecular flexibility index (Phi) is 4.75. The highest BCUT2D eigenvalue weighted by Crippen LogP contribution is 2.25. The first kappa shape index (κ1) is 15.0. The van der Waals surface area contributed by atoms with Crippen LogP contribution in [0.2, 0.25) is 0 Å². The first-order chi connectivity index (χ1) is 9.66. The molecule has 0 radical (unpaired) electrons. The monoisotopic (exact) mass is 279 g/mol. The molecule has 0 saturated heterocycles. The van der Waals surface area contributed by atoms with Crippen LogP contribution in [-0.4, -0.2) is 27.2 Å². The highest BCUT2D eigenvalue weighted by atomic mass is 16.2. The average Bonchev–Trinajstić information content (AvgIpc) is 2.91. The van der Waals surface area contributed by atoms with E-state index in [1.807, 2.05) is 13.8 Å². The van der Waals surface area contributed by atoms with Gasteiger partial charge in [0.2, 0.25) is 5.91 Å². The molecule has 0 bridgehead atoms. The Morgan fingerprint density at radius 3 is 2.75 bits per heavy atom. The summed E-state index contributed by atoms with van der Waals surface area (Å²) in [6.07, 6.45) is 4.82. The Morgan fingerprint density at radius 2 is 2.10 bits per heavy atom. The molecular weight excluding hydrogens is 254 g/mol. The van der Waals surface area contributed by atoms with E-state index in [0.29, 0.717) is 13.1 Å². The molecule has 1 aliphatic heterocycles. The smallest absolute Gasteiger partial charge is 0.227 e. The van der Waals surface area contributed by atoms with Crippen molar-refractivity contribution in [3.63, 3.8) is 0 Å². The summed E-state index contributed by atoms with van der Waals surface area (Å²) in [5, 5.41) is 11.4. The van der Waals surface area contributed by atoms with Gasteiger partial charge < -0.3 is 15.6 Å². The number of amides is 1. The molecule has 0 aliphatic carbocycles. The summed E-state index contributed by atoms with van der Waals surface area (Å²) in [4.78, 5) is 12.4. The zero-order valence-corrected chi connectivity index (χ0v) is 12.5. The minimum atomic E-state index is -0.454. The van der Waals surface area contributed by atoms with Crippen molar-refractivity contribution in [2.45, 2.75) is 59.0 Å². The predicted octanol–water partition coefficient (Wildman–Crippen LogP) is 0.996. The molecule has 6 heteroatoms. The summed E-state index contributed by atoms with van der Waals surface area (Å²) >= 11 is 0. The topological polar surface area (TPSA) is 85.8 Å². The van der Waals surface area contributed by atoms with Crippen LogP contribution in [0.3, 0.4) is 0 Å². The molecule has 0 spiro atoms. The molecule has 0 fully saturated rings. The van der Waals surface area contributed by atoms with E-state index in [2.05, 4.69) is 20.1 Å². The molecule has 0 saturated carbocycles. The van der Waals surface area contributed by atoms with Gasteiger partial charge in [0.05, 0.1) is 12.0 Å².